The highest BCUT2D eigenvalue weighted by atomic mass is 35.5. The van der Waals surface area contributed by atoms with Crippen LogP contribution in [0.3, 0.4) is 0 Å². The van der Waals surface area contributed by atoms with Crippen LogP contribution in [0.2, 0.25) is 5.02 Å². The van der Waals surface area contributed by atoms with Gasteiger partial charge in [0.15, 0.2) is 6.61 Å². The third-order valence-corrected chi connectivity index (χ3v) is 3.99. The fourth-order valence-electron chi connectivity index (χ4n) is 2.41. The van der Waals surface area contributed by atoms with Crippen LogP contribution in [-0.4, -0.2) is 35.7 Å². The lowest BCUT2D eigenvalue weighted by molar-refractivity contribution is -0.134. The SMILES string of the molecule is O=C(OCC(=O)N1CCC(c2ccccc2)=N1)c1ccc(F)cc1Cl. The largest absolute Gasteiger partial charge is 0.452 e. The molecule has 2 aromatic rings. The first-order chi connectivity index (χ1) is 12.0. The van der Waals surface area contributed by atoms with Crippen LogP contribution in [0.4, 0.5) is 4.39 Å². The first-order valence-electron chi connectivity index (χ1n) is 7.60. The second kappa shape index (κ2) is 7.44. The number of amides is 1. The summed E-state index contributed by atoms with van der Waals surface area (Å²) >= 11 is 5.80. The van der Waals surface area contributed by atoms with Crippen LogP contribution >= 0.6 is 11.6 Å². The predicted octanol–water partition coefficient (Wildman–Crippen LogP) is 3.27. The molecule has 128 valence electrons. The number of ether oxygens (including phenoxy) is 1. The second-order valence-corrected chi connectivity index (χ2v) is 5.79. The summed E-state index contributed by atoms with van der Waals surface area (Å²) in [7, 11) is 0. The van der Waals surface area contributed by atoms with Crippen molar-refractivity contribution in [1.29, 1.82) is 0 Å². The second-order valence-electron chi connectivity index (χ2n) is 5.38. The lowest BCUT2D eigenvalue weighted by Crippen LogP contribution is -2.28. The number of esters is 1. The van der Waals surface area contributed by atoms with Gasteiger partial charge in [-0.2, -0.15) is 5.10 Å². The molecule has 0 saturated heterocycles. The molecule has 2 aromatic carbocycles. The van der Waals surface area contributed by atoms with Gasteiger partial charge in [-0.1, -0.05) is 41.9 Å². The van der Waals surface area contributed by atoms with Crippen molar-refractivity contribution < 1.29 is 18.7 Å². The summed E-state index contributed by atoms with van der Waals surface area (Å²) < 4.78 is 18.0. The van der Waals surface area contributed by atoms with Crippen molar-refractivity contribution in [3.8, 4) is 0 Å². The van der Waals surface area contributed by atoms with Gasteiger partial charge in [0.1, 0.15) is 5.82 Å². The molecule has 1 aliphatic rings. The van der Waals surface area contributed by atoms with E-state index in [9.17, 15) is 14.0 Å². The van der Waals surface area contributed by atoms with E-state index in [1.807, 2.05) is 30.3 Å². The maximum absolute atomic E-state index is 13.0. The highest BCUT2D eigenvalue weighted by Gasteiger charge is 2.23. The Kier molecular flexibility index (Phi) is 5.09. The number of benzene rings is 2. The van der Waals surface area contributed by atoms with Crippen molar-refractivity contribution in [2.24, 2.45) is 5.10 Å². The van der Waals surface area contributed by atoms with E-state index in [0.29, 0.717) is 13.0 Å². The Balaban J connectivity index is 1.60. The molecule has 0 fully saturated rings. The van der Waals surface area contributed by atoms with E-state index in [2.05, 4.69) is 5.10 Å². The third-order valence-electron chi connectivity index (χ3n) is 3.67. The van der Waals surface area contributed by atoms with Gasteiger partial charge in [-0.15, -0.1) is 0 Å². The van der Waals surface area contributed by atoms with Crippen molar-refractivity contribution in [2.75, 3.05) is 13.2 Å². The highest BCUT2D eigenvalue weighted by molar-refractivity contribution is 6.33. The topological polar surface area (TPSA) is 59.0 Å². The Labute approximate surface area is 148 Å². The van der Waals surface area contributed by atoms with E-state index < -0.39 is 24.3 Å². The molecule has 0 aromatic heterocycles. The van der Waals surface area contributed by atoms with Crippen molar-refractivity contribution >= 4 is 29.2 Å². The predicted molar refractivity (Wildman–Crippen MR) is 91.0 cm³/mol. The number of hydrogen-bond acceptors (Lipinski definition) is 4. The van der Waals surface area contributed by atoms with Crippen molar-refractivity contribution in [3.05, 3.63) is 70.5 Å². The van der Waals surface area contributed by atoms with Crippen LogP contribution < -0.4 is 0 Å². The number of rotatable bonds is 4. The van der Waals surface area contributed by atoms with E-state index in [0.717, 1.165) is 23.4 Å². The van der Waals surface area contributed by atoms with Gasteiger partial charge in [-0.05, 0) is 23.8 Å². The lowest BCUT2D eigenvalue weighted by Gasteiger charge is -2.12. The summed E-state index contributed by atoms with van der Waals surface area (Å²) in [5, 5.41) is 5.48. The monoisotopic (exact) mass is 360 g/mol. The zero-order valence-electron chi connectivity index (χ0n) is 13.1. The number of carbonyl (C=O) groups excluding carboxylic acids is 2. The van der Waals surface area contributed by atoms with Crippen LogP contribution in [0.1, 0.15) is 22.3 Å². The molecule has 1 aliphatic heterocycles. The number of hydrazone groups is 1. The molecule has 0 saturated carbocycles. The summed E-state index contributed by atoms with van der Waals surface area (Å²) in [5.74, 6) is -1.78. The summed E-state index contributed by atoms with van der Waals surface area (Å²) in [5.41, 5.74) is 1.76. The summed E-state index contributed by atoms with van der Waals surface area (Å²) in [4.78, 5) is 24.1. The lowest BCUT2D eigenvalue weighted by atomic mass is 10.1. The Morgan fingerprint density at radius 3 is 2.68 bits per heavy atom. The van der Waals surface area contributed by atoms with Crippen LogP contribution in [0.25, 0.3) is 0 Å². The molecular formula is C18H14ClFN2O3. The molecular weight excluding hydrogens is 347 g/mol. The van der Waals surface area contributed by atoms with Gasteiger partial charge in [-0.25, -0.2) is 14.2 Å². The standard InChI is InChI=1S/C18H14ClFN2O3/c19-15-10-13(20)6-7-14(15)18(24)25-11-17(23)22-9-8-16(21-22)12-4-2-1-3-5-12/h1-7,10H,8-9,11H2. The Morgan fingerprint density at radius 1 is 1.20 bits per heavy atom. The highest BCUT2D eigenvalue weighted by Crippen LogP contribution is 2.18. The summed E-state index contributed by atoms with van der Waals surface area (Å²) in [6.07, 6.45) is 0.632. The molecule has 0 unspecified atom stereocenters. The number of halogens is 2. The van der Waals surface area contributed by atoms with Crippen LogP contribution in [0, 0.1) is 5.82 Å². The molecule has 0 spiro atoms. The average molecular weight is 361 g/mol. The normalized spacial score (nSPS) is 13.5. The molecule has 3 rings (SSSR count). The van der Waals surface area contributed by atoms with Crippen molar-refractivity contribution in [3.63, 3.8) is 0 Å². The first kappa shape index (κ1) is 17.1. The average Bonchev–Trinajstić information content (AvgIpc) is 3.10. The van der Waals surface area contributed by atoms with E-state index in [1.165, 1.54) is 11.1 Å². The van der Waals surface area contributed by atoms with Gasteiger partial charge in [0.05, 0.1) is 22.8 Å². The molecule has 0 radical (unpaired) electrons. The number of hydrogen-bond donors (Lipinski definition) is 0. The summed E-state index contributed by atoms with van der Waals surface area (Å²) in [6, 6.07) is 12.9. The fraction of sp³-hybridized carbons (Fsp3) is 0.167. The van der Waals surface area contributed by atoms with Gasteiger partial charge in [-0.3, -0.25) is 4.79 Å². The molecule has 5 nitrogen and oxygen atoms in total. The van der Waals surface area contributed by atoms with Gasteiger partial charge in [0.2, 0.25) is 0 Å². The Morgan fingerprint density at radius 2 is 1.96 bits per heavy atom. The fourth-order valence-corrected chi connectivity index (χ4v) is 2.65. The minimum atomic E-state index is -0.787. The van der Waals surface area contributed by atoms with Crippen LogP contribution in [0.15, 0.2) is 53.6 Å². The van der Waals surface area contributed by atoms with E-state index in [4.69, 9.17) is 16.3 Å². The van der Waals surface area contributed by atoms with Crippen molar-refractivity contribution in [2.45, 2.75) is 6.42 Å². The molecule has 25 heavy (non-hydrogen) atoms. The smallest absolute Gasteiger partial charge is 0.340 e. The quantitative estimate of drug-likeness (QED) is 0.786. The molecule has 0 bridgehead atoms. The minimum absolute atomic E-state index is 0.00534. The third kappa shape index (κ3) is 4.03. The Bertz CT molecular complexity index is 839. The van der Waals surface area contributed by atoms with Gasteiger partial charge in [0.25, 0.3) is 5.91 Å². The zero-order chi connectivity index (χ0) is 17.8. The van der Waals surface area contributed by atoms with Crippen molar-refractivity contribution in [1.82, 2.24) is 5.01 Å². The van der Waals surface area contributed by atoms with Crippen LogP contribution in [-0.2, 0) is 9.53 Å². The molecule has 0 atom stereocenters. The molecule has 0 aliphatic carbocycles. The molecule has 1 amide bonds. The van der Waals surface area contributed by atoms with E-state index >= 15 is 0 Å². The maximum Gasteiger partial charge on any atom is 0.340 e. The first-order valence-corrected chi connectivity index (χ1v) is 7.98. The zero-order valence-corrected chi connectivity index (χ0v) is 13.9. The molecule has 1 heterocycles. The number of carbonyl (C=O) groups is 2. The van der Waals surface area contributed by atoms with E-state index in [-0.39, 0.29) is 10.6 Å². The minimum Gasteiger partial charge on any atom is -0.452 e. The maximum atomic E-state index is 13.0. The molecule has 7 heteroatoms. The van der Waals surface area contributed by atoms with Gasteiger partial charge >= 0.3 is 5.97 Å². The molecule has 0 N–H and O–H groups in total. The number of nitrogens with zero attached hydrogens (tertiary/aromatic N) is 2. The van der Waals surface area contributed by atoms with E-state index in [1.54, 1.807) is 0 Å². The Hall–Kier alpha value is -2.73. The summed E-state index contributed by atoms with van der Waals surface area (Å²) in [6.45, 7) is -0.0317. The van der Waals surface area contributed by atoms with Crippen LogP contribution in [0.5, 0.6) is 0 Å². The van der Waals surface area contributed by atoms with Gasteiger partial charge in [0, 0.05) is 6.42 Å². The van der Waals surface area contributed by atoms with Gasteiger partial charge < -0.3 is 4.74 Å².